The Bertz CT molecular complexity index is 482. The van der Waals surface area contributed by atoms with Gasteiger partial charge in [-0.3, -0.25) is 0 Å². The van der Waals surface area contributed by atoms with E-state index in [0.29, 0.717) is 0 Å². The number of ether oxygens (including phenoxy) is 1. The Morgan fingerprint density at radius 3 is 2.50 bits per heavy atom. The molecule has 0 bridgehead atoms. The lowest BCUT2D eigenvalue weighted by atomic mass is 10.1. The molecule has 108 valence electrons. The van der Waals surface area contributed by atoms with Crippen LogP contribution in [0.4, 0.5) is 4.79 Å². The van der Waals surface area contributed by atoms with Crippen LogP contribution in [0.15, 0.2) is 30.3 Å². The topological polar surface area (TPSA) is 32.8 Å². The van der Waals surface area contributed by atoms with Crippen LogP contribution < -0.4 is 4.74 Å². The van der Waals surface area contributed by atoms with Crippen LogP contribution >= 0.6 is 0 Å². The van der Waals surface area contributed by atoms with Crippen molar-refractivity contribution in [2.75, 3.05) is 26.7 Å². The second-order valence-electron chi connectivity index (χ2n) is 4.81. The smallest absolute Gasteiger partial charge is 0.320 e. The minimum absolute atomic E-state index is 0.138. The molecule has 1 heterocycles. The fourth-order valence-corrected chi connectivity index (χ4v) is 2.46. The quantitative estimate of drug-likeness (QED) is 0.827. The maximum Gasteiger partial charge on any atom is 0.320 e. The highest BCUT2D eigenvalue weighted by Crippen LogP contribution is 2.18. The molecule has 0 aromatic heterocycles. The number of likely N-dealkylation sites (N-methyl/N-ethyl adjacent to an activating group) is 2. The summed E-state index contributed by atoms with van der Waals surface area (Å²) < 4.78 is 5.14. The number of urea groups is 1. The molecule has 1 saturated heterocycles. The molecular weight excluding hydrogens is 252 g/mol. The molecule has 0 spiro atoms. The van der Waals surface area contributed by atoms with Gasteiger partial charge in [0.15, 0.2) is 0 Å². The summed E-state index contributed by atoms with van der Waals surface area (Å²) in [5.41, 5.74) is 1.12. The highest BCUT2D eigenvalue weighted by atomic mass is 16.5. The van der Waals surface area contributed by atoms with Gasteiger partial charge in [0, 0.05) is 19.6 Å². The molecular formula is C16H22N2O2. The fourth-order valence-electron chi connectivity index (χ4n) is 2.46. The van der Waals surface area contributed by atoms with Gasteiger partial charge in [-0.15, -0.1) is 0 Å². The first-order chi connectivity index (χ1) is 9.69. The van der Waals surface area contributed by atoms with E-state index in [2.05, 4.69) is 12.2 Å². The van der Waals surface area contributed by atoms with Crippen LogP contribution in [0.5, 0.6) is 5.75 Å². The van der Waals surface area contributed by atoms with Crippen LogP contribution in [0, 0.1) is 0 Å². The first-order valence-electron chi connectivity index (χ1n) is 7.07. The molecule has 0 saturated carbocycles. The number of benzene rings is 1. The third-order valence-corrected chi connectivity index (χ3v) is 3.67. The maximum atomic E-state index is 12.1. The molecule has 1 aromatic rings. The molecule has 2 amide bonds. The zero-order valence-corrected chi connectivity index (χ0v) is 12.4. The SMILES string of the molecule is CCN1CC(/C=C/c2ccc(OC)cc2)N(CC)C1=O. The van der Waals surface area contributed by atoms with E-state index in [1.165, 1.54) is 0 Å². The van der Waals surface area contributed by atoms with E-state index in [-0.39, 0.29) is 12.1 Å². The molecule has 0 aliphatic carbocycles. The molecule has 1 aliphatic heterocycles. The lowest BCUT2D eigenvalue weighted by Gasteiger charge is -2.18. The zero-order chi connectivity index (χ0) is 14.5. The van der Waals surface area contributed by atoms with Crippen LogP contribution in [0.1, 0.15) is 19.4 Å². The van der Waals surface area contributed by atoms with E-state index in [9.17, 15) is 4.79 Å². The summed E-state index contributed by atoms with van der Waals surface area (Å²) in [7, 11) is 1.66. The molecule has 20 heavy (non-hydrogen) atoms. The van der Waals surface area contributed by atoms with E-state index in [4.69, 9.17) is 4.74 Å². The Labute approximate surface area is 120 Å². The summed E-state index contributed by atoms with van der Waals surface area (Å²) in [6, 6.07) is 8.21. The summed E-state index contributed by atoms with van der Waals surface area (Å²) in [5.74, 6) is 0.852. The summed E-state index contributed by atoms with van der Waals surface area (Å²) in [4.78, 5) is 15.9. The van der Waals surface area contributed by atoms with Gasteiger partial charge in [-0.1, -0.05) is 24.3 Å². The molecule has 0 radical (unpaired) electrons. The molecule has 1 unspecified atom stereocenters. The van der Waals surface area contributed by atoms with Crippen molar-refractivity contribution in [3.63, 3.8) is 0 Å². The number of methoxy groups -OCH3 is 1. The van der Waals surface area contributed by atoms with Crippen molar-refractivity contribution in [1.29, 1.82) is 0 Å². The van der Waals surface area contributed by atoms with Gasteiger partial charge in [-0.25, -0.2) is 4.79 Å². The Morgan fingerprint density at radius 2 is 1.95 bits per heavy atom. The third kappa shape index (κ3) is 2.95. The standard InChI is InChI=1S/C16H22N2O2/c1-4-17-12-14(18(5-2)16(17)19)9-6-13-7-10-15(20-3)11-8-13/h6-11,14H,4-5,12H2,1-3H3/b9-6+. The van der Waals surface area contributed by atoms with Crippen molar-refractivity contribution < 1.29 is 9.53 Å². The second kappa shape index (κ2) is 6.46. The van der Waals surface area contributed by atoms with Crippen LogP contribution in [0.25, 0.3) is 6.08 Å². The van der Waals surface area contributed by atoms with Gasteiger partial charge in [0.05, 0.1) is 13.2 Å². The summed E-state index contributed by atoms with van der Waals surface area (Å²) in [6.07, 6.45) is 4.18. The number of amides is 2. The average Bonchev–Trinajstić information content (AvgIpc) is 2.81. The van der Waals surface area contributed by atoms with Crippen molar-refractivity contribution >= 4 is 12.1 Å². The highest BCUT2D eigenvalue weighted by Gasteiger charge is 2.33. The van der Waals surface area contributed by atoms with Crippen LogP contribution in [0.2, 0.25) is 0 Å². The zero-order valence-electron chi connectivity index (χ0n) is 12.4. The van der Waals surface area contributed by atoms with Gasteiger partial charge in [0.2, 0.25) is 0 Å². The van der Waals surface area contributed by atoms with Gasteiger partial charge in [-0.05, 0) is 31.5 Å². The van der Waals surface area contributed by atoms with Crippen LogP contribution in [-0.2, 0) is 0 Å². The average molecular weight is 274 g/mol. The number of nitrogens with zero attached hydrogens (tertiary/aromatic N) is 2. The molecule has 4 heteroatoms. The largest absolute Gasteiger partial charge is 0.497 e. The van der Waals surface area contributed by atoms with Gasteiger partial charge in [0.25, 0.3) is 0 Å². The molecule has 0 N–H and O–H groups in total. The monoisotopic (exact) mass is 274 g/mol. The summed E-state index contributed by atoms with van der Waals surface area (Å²) in [5, 5.41) is 0. The fraction of sp³-hybridized carbons (Fsp3) is 0.438. The number of hydrogen-bond donors (Lipinski definition) is 0. The van der Waals surface area contributed by atoms with E-state index >= 15 is 0 Å². The van der Waals surface area contributed by atoms with Gasteiger partial charge >= 0.3 is 6.03 Å². The molecule has 1 atom stereocenters. The number of carbonyl (C=O) groups is 1. The minimum atomic E-state index is 0.138. The molecule has 1 aromatic carbocycles. The van der Waals surface area contributed by atoms with E-state index in [0.717, 1.165) is 30.9 Å². The second-order valence-corrected chi connectivity index (χ2v) is 4.81. The van der Waals surface area contributed by atoms with Crippen molar-refractivity contribution in [1.82, 2.24) is 9.80 Å². The lowest BCUT2D eigenvalue weighted by molar-refractivity contribution is 0.193. The number of hydrogen-bond acceptors (Lipinski definition) is 2. The van der Waals surface area contributed by atoms with E-state index in [1.54, 1.807) is 7.11 Å². The van der Waals surface area contributed by atoms with Gasteiger partial charge in [0.1, 0.15) is 5.75 Å². The Kier molecular flexibility index (Phi) is 4.66. The molecule has 2 rings (SSSR count). The normalized spacial score (nSPS) is 19.1. The van der Waals surface area contributed by atoms with Gasteiger partial charge in [-0.2, -0.15) is 0 Å². The first-order valence-corrected chi connectivity index (χ1v) is 7.07. The molecule has 4 nitrogen and oxygen atoms in total. The van der Waals surface area contributed by atoms with Crippen molar-refractivity contribution in [2.45, 2.75) is 19.9 Å². The summed E-state index contributed by atoms with van der Waals surface area (Å²) in [6.45, 7) is 6.32. The van der Waals surface area contributed by atoms with Gasteiger partial charge < -0.3 is 14.5 Å². The molecule has 1 fully saturated rings. The molecule has 1 aliphatic rings. The van der Waals surface area contributed by atoms with E-state index in [1.807, 2.05) is 47.9 Å². The number of carbonyl (C=O) groups excluding carboxylic acids is 1. The Hall–Kier alpha value is -1.97. The Morgan fingerprint density at radius 1 is 1.25 bits per heavy atom. The first kappa shape index (κ1) is 14.4. The Balaban J connectivity index is 2.07. The summed E-state index contributed by atoms with van der Waals surface area (Å²) >= 11 is 0. The predicted molar refractivity (Wildman–Crippen MR) is 80.8 cm³/mol. The lowest BCUT2D eigenvalue weighted by Crippen LogP contribution is -2.33. The predicted octanol–water partition coefficient (Wildman–Crippen LogP) is 2.85. The highest BCUT2D eigenvalue weighted by molar-refractivity contribution is 5.78. The third-order valence-electron chi connectivity index (χ3n) is 3.67. The van der Waals surface area contributed by atoms with Crippen molar-refractivity contribution in [3.8, 4) is 5.75 Å². The van der Waals surface area contributed by atoms with Crippen molar-refractivity contribution in [3.05, 3.63) is 35.9 Å². The number of rotatable bonds is 5. The van der Waals surface area contributed by atoms with E-state index < -0.39 is 0 Å². The minimum Gasteiger partial charge on any atom is -0.497 e. The van der Waals surface area contributed by atoms with Crippen LogP contribution in [-0.4, -0.2) is 48.6 Å². The van der Waals surface area contributed by atoms with Crippen molar-refractivity contribution in [2.24, 2.45) is 0 Å². The maximum absolute atomic E-state index is 12.1. The van der Waals surface area contributed by atoms with Crippen LogP contribution in [0.3, 0.4) is 0 Å².